The molecule has 0 fully saturated rings. The Morgan fingerprint density at radius 3 is 2.54 bits per heavy atom. The Kier molecular flexibility index (Phi) is 5.16. The first-order valence-electron chi connectivity index (χ1n) is 11.2. The van der Waals surface area contributed by atoms with Crippen LogP contribution in [0, 0.1) is 6.92 Å². The van der Waals surface area contributed by atoms with Gasteiger partial charge in [0.25, 0.3) is 0 Å². The number of halogens is 1. The SMILES string of the molecule is Cc1ccn(Cc2cc(=O)c3nc(-c4cc(Cl)c5ncccc5c4)c(-c4ccccc4)nc3[nH]2)c1. The van der Waals surface area contributed by atoms with Crippen molar-refractivity contribution >= 4 is 33.7 Å². The number of benzene rings is 2. The van der Waals surface area contributed by atoms with Crippen LogP contribution in [0.4, 0.5) is 0 Å². The van der Waals surface area contributed by atoms with Gasteiger partial charge in [-0.3, -0.25) is 9.78 Å². The molecule has 0 saturated carbocycles. The molecule has 0 aliphatic rings. The van der Waals surface area contributed by atoms with E-state index in [-0.39, 0.29) is 10.9 Å². The number of hydrogen-bond donors (Lipinski definition) is 1. The molecule has 0 saturated heterocycles. The van der Waals surface area contributed by atoms with Crippen molar-refractivity contribution in [1.82, 2.24) is 24.5 Å². The zero-order chi connectivity index (χ0) is 23.9. The molecular weight excluding hydrogens is 458 g/mol. The molecule has 0 amide bonds. The summed E-state index contributed by atoms with van der Waals surface area (Å²) in [6, 6.07) is 21.1. The lowest BCUT2D eigenvalue weighted by molar-refractivity contribution is 0.781. The average molecular weight is 478 g/mol. The van der Waals surface area contributed by atoms with Crippen molar-refractivity contribution in [3.8, 4) is 22.5 Å². The van der Waals surface area contributed by atoms with Gasteiger partial charge in [0.1, 0.15) is 0 Å². The Hall–Kier alpha value is -4.29. The Bertz CT molecular complexity index is 1770. The summed E-state index contributed by atoms with van der Waals surface area (Å²) in [7, 11) is 0. The predicted octanol–water partition coefficient (Wildman–Crippen LogP) is 6.01. The van der Waals surface area contributed by atoms with Crippen LogP contribution in [0.15, 0.2) is 90.1 Å². The van der Waals surface area contributed by atoms with Gasteiger partial charge in [0.05, 0.1) is 28.5 Å². The lowest BCUT2D eigenvalue weighted by atomic mass is 10.0. The van der Waals surface area contributed by atoms with Crippen LogP contribution < -0.4 is 5.43 Å². The van der Waals surface area contributed by atoms with Gasteiger partial charge in [0, 0.05) is 46.9 Å². The summed E-state index contributed by atoms with van der Waals surface area (Å²) in [4.78, 5) is 30.6. The Morgan fingerprint density at radius 1 is 0.914 bits per heavy atom. The van der Waals surface area contributed by atoms with Crippen molar-refractivity contribution in [3.05, 3.63) is 112 Å². The quantitative estimate of drug-likeness (QED) is 0.337. The van der Waals surface area contributed by atoms with Crippen LogP contribution in [0.1, 0.15) is 11.3 Å². The van der Waals surface area contributed by atoms with E-state index in [2.05, 4.69) is 9.97 Å². The molecular formula is C28H20ClN5O. The number of nitrogens with zero attached hydrogens (tertiary/aromatic N) is 4. The summed E-state index contributed by atoms with van der Waals surface area (Å²) in [5, 5.41) is 1.41. The molecule has 0 unspecified atom stereocenters. The van der Waals surface area contributed by atoms with E-state index in [1.54, 1.807) is 12.3 Å². The molecule has 7 heteroatoms. The molecule has 6 nitrogen and oxygen atoms in total. The summed E-state index contributed by atoms with van der Waals surface area (Å²) in [5.74, 6) is 0. The molecule has 35 heavy (non-hydrogen) atoms. The number of hydrogen-bond acceptors (Lipinski definition) is 4. The van der Waals surface area contributed by atoms with Crippen LogP contribution in [0.5, 0.6) is 0 Å². The molecule has 1 N–H and O–H groups in total. The van der Waals surface area contributed by atoms with Gasteiger partial charge in [0.2, 0.25) is 5.43 Å². The molecule has 0 bridgehead atoms. The number of pyridine rings is 2. The monoisotopic (exact) mass is 477 g/mol. The molecule has 0 aliphatic heterocycles. The number of H-pyrrole nitrogens is 1. The van der Waals surface area contributed by atoms with Gasteiger partial charge >= 0.3 is 0 Å². The number of nitrogens with one attached hydrogen (secondary N) is 1. The summed E-state index contributed by atoms with van der Waals surface area (Å²) < 4.78 is 2.03. The van der Waals surface area contributed by atoms with Gasteiger partial charge in [-0.2, -0.15) is 0 Å². The third-order valence-electron chi connectivity index (χ3n) is 5.94. The fraction of sp³-hybridized carbons (Fsp3) is 0.0714. The van der Waals surface area contributed by atoms with Gasteiger partial charge in [-0.05, 0) is 36.8 Å². The highest BCUT2D eigenvalue weighted by Gasteiger charge is 2.17. The predicted molar refractivity (Wildman–Crippen MR) is 140 cm³/mol. The maximum atomic E-state index is 13.1. The van der Waals surface area contributed by atoms with E-state index < -0.39 is 0 Å². The number of aryl methyl sites for hydroxylation is 1. The zero-order valence-corrected chi connectivity index (χ0v) is 19.6. The minimum atomic E-state index is -0.181. The molecule has 4 aromatic heterocycles. The number of aromatic amines is 1. The molecule has 0 aliphatic carbocycles. The van der Waals surface area contributed by atoms with Crippen LogP contribution in [0.25, 0.3) is 44.6 Å². The fourth-order valence-electron chi connectivity index (χ4n) is 4.33. The van der Waals surface area contributed by atoms with Crippen molar-refractivity contribution in [1.29, 1.82) is 0 Å². The van der Waals surface area contributed by atoms with Crippen molar-refractivity contribution in [3.63, 3.8) is 0 Å². The minimum Gasteiger partial charge on any atom is -0.348 e. The second kappa shape index (κ2) is 8.49. The summed E-state index contributed by atoms with van der Waals surface area (Å²) in [6.45, 7) is 2.57. The third-order valence-corrected chi connectivity index (χ3v) is 6.23. The van der Waals surface area contributed by atoms with Crippen LogP contribution in [-0.4, -0.2) is 24.5 Å². The number of aromatic nitrogens is 5. The maximum Gasteiger partial charge on any atom is 0.209 e. The highest BCUT2D eigenvalue weighted by Crippen LogP contribution is 2.34. The smallest absolute Gasteiger partial charge is 0.209 e. The first-order valence-corrected chi connectivity index (χ1v) is 11.6. The molecule has 6 rings (SSSR count). The van der Waals surface area contributed by atoms with Gasteiger partial charge in [-0.1, -0.05) is 48.0 Å². The first-order chi connectivity index (χ1) is 17.0. The molecule has 4 heterocycles. The molecule has 0 atom stereocenters. The minimum absolute atomic E-state index is 0.181. The van der Waals surface area contributed by atoms with Crippen molar-refractivity contribution in [2.24, 2.45) is 0 Å². The normalized spacial score (nSPS) is 11.4. The molecule has 0 spiro atoms. The van der Waals surface area contributed by atoms with Gasteiger partial charge in [-0.25, -0.2) is 9.97 Å². The lowest BCUT2D eigenvalue weighted by Crippen LogP contribution is -2.11. The zero-order valence-electron chi connectivity index (χ0n) is 18.9. The van der Waals surface area contributed by atoms with E-state index in [1.165, 1.54) is 0 Å². The second-order valence-corrected chi connectivity index (χ2v) is 8.94. The maximum absolute atomic E-state index is 13.1. The Labute approximate surface area is 205 Å². The van der Waals surface area contributed by atoms with Crippen molar-refractivity contribution < 1.29 is 0 Å². The summed E-state index contributed by atoms with van der Waals surface area (Å²) >= 11 is 6.58. The van der Waals surface area contributed by atoms with E-state index in [0.717, 1.165) is 33.3 Å². The van der Waals surface area contributed by atoms with Crippen LogP contribution >= 0.6 is 11.6 Å². The standard InChI is InChI=1S/C28H20ClN5O/c1-17-9-11-34(15-17)16-21-14-23(35)27-28(31-21)33-25(18-6-3-2-4-7-18)26(32-27)20-12-19-8-5-10-30-24(19)22(29)13-20/h2-15H,16H2,1H3,(H,31,33,35). The van der Waals surface area contributed by atoms with E-state index in [0.29, 0.717) is 28.6 Å². The van der Waals surface area contributed by atoms with E-state index in [9.17, 15) is 4.79 Å². The van der Waals surface area contributed by atoms with Crippen molar-refractivity contribution in [2.45, 2.75) is 13.5 Å². The first kappa shape index (κ1) is 21.3. The van der Waals surface area contributed by atoms with Gasteiger partial charge in [-0.15, -0.1) is 0 Å². The van der Waals surface area contributed by atoms with E-state index >= 15 is 0 Å². The number of fused-ring (bicyclic) bond motifs is 2. The van der Waals surface area contributed by atoms with E-state index in [4.69, 9.17) is 21.6 Å². The summed E-state index contributed by atoms with van der Waals surface area (Å²) in [6.07, 6.45) is 5.73. The topological polar surface area (TPSA) is 76.5 Å². The van der Waals surface area contributed by atoms with Crippen molar-refractivity contribution in [2.75, 3.05) is 0 Å². The van der Waals surface area contributed by atoms with Crippen LogP contribution in [0.2, 0.25) is 5.02 Å². The Morgan fingerprint density at radius 2 is 1.74 bits per heavy atom. The van der Waals surface area contributed by atoms with Gasteiger partial charge < -0.3 is 9.55 Å². The third kappa shape index (κ3) is 3.98. The van der Waals surface area contributed by atoms with E-state index in [1.807, 2.05) is 84.5 Å². The molecule has 170 valence electrons. The molecule has 2 aromatic carbocycles. The number of rotatable bonds is 4. The molecule has 0 radical (unpaired) electrons. The average Bonchev–Trinajstić information content (AvgIpc) is 3.28. The molecule has 6 aromatic rings. The Balaban J connectivity index is 1.58. The lowest BCUT2D eigenvalue weighted by Gasteiger charge is -2.12. The second-order valence-electron chi connectivity index (χ2n) is 8.54. The summed E-state index contributed by atoms with van der Waals surface area (Å²) in [5.41, 5.74) is 6.13. The highest BCUT2D eigenvalue weighted by molar-refractivity contribution is 6.35. The van der Waals surface area contributed by atoms with Crippen LogP contribution in [-0.2, 0) is 6.54 Å². The van der Waals surface area contributed by atoms with Gasteiger partial charge in [0.15, 0.2) is 11.2 Å². The van der Waals surface area contributed by atoms with Crippen LogP contribution in [0.3, 0.4) is 0 Å². The highest BCUT2D eigenvalue weighted by atomic mass is 35.5. The fourth-order valence-corrected chi connectivity index (χ4v) is 4.61. The largest absolute Gasteiger partial charge is 0.348 e.